The van der Waals surface area contributed by atoms with Crippen LogP contribution in [0.1, 0.15) is 0 Å². The van der Waals surface area contributed by atoms with Crippen molar-refractivity contribution in [2.24, 2.45) is 0 Å². The third-order valence-corrected chi connectivity index (χ3v) is 6.62. The van der Waals surface area contributed by atoms with Crippen LogP contribution in [0.3, 0.4) is 0 Å². The molecule has 0 bridgehead atoms. The maximum absolute atomic E-state index is 15.2. The van der Waals surface area contributed by atoms with Gasteiger partial charge in [-0.25, -0.2) is 65.9 Å². The molecule has 0 spiro atoms. The van der Waals surface area contributed by atoms with Crippen LogP contribution in [0.15, 0.2) is 12.3 Å². The molecule has 0 unspecified atom stereocenters. The first-order chi connectivity index (χ1) is 20.0. The molecule has 0 amide bonds. The van der Waals surface area contributed by atoms with Crippen LogP contribution in [0.4, 0.5) is 65.9 Å². The van der Waals surface area contributed by atoms with Crippen LogP contribution >= 0.6 is 11.6 Å². The van der Waals surface area contributed by atoms with Gasteiger partial charge in [-0.3, -0.25) is 0 Å². The van der Waals surface area contributed by atoms with E-state index >= 15 is 8.78 Å². The van der Waals surface area contributed by atoms with Crippen molar-refractivity contribution in [1.29, 1.82) is 0 Å². The molecule has 0 aliphatic rings. The number of aromatic nitrogens is 1. The largest absolute Gasteiger partial charge is 0.360 e. The van der Waals surface area contributed by atoms with Crippen molar-refractivity contribution >= 4 is 22.5 Å². The van der Waals surface area contributed by atoms with E-state index in [1.165, 1.54) is 0 Å². The van der Waals surface area contributed by atoms with Crippen LogP contribution in [0.2, 0.25) is 5.02 Å². The zero-order valence-electron chi connectivity index (χ0n) is 19.7. The Balaban J connectivity index is 2.14. The average molecular weight is 650 g/mol. The molecule has 1 N–H and O–H groups in total. The minimum Gasteiger partial charge on any atom is -0.360 e. The Bertz CT molecular complexity index is 1960. The Morgan fingerprint density at radius 1 is 0.372 bits per heavy atom. The van der Waals surface area contributed by atoms with Crippen LogP contribution in [0, 0.1) is 87.3 Å². The normalized spacial score (nSPS) is 11.7. The van der Waals surface area contributed by atoms with E-state index in [2.05, 4.69) is 4.98 Å². The summed E-state index contributed by atoms with van der Waals surface area (Å²) in [5.41, 5.74) is -11.7. The summed E-state index contributed by atoms with van der Waals surface area (Å²) >= 11 is 5.97. The molecular weight excluding hydrogens is 647 g/mol. The van der Waals surface area contributed by atoms with Crippen molar-refractivity contribution in [3.05, 3.63) is 105 Å². The van der Waals surface area contributed by atoms with Gasteiger partial charge in [0.05, 0.1) is 21.7 Å². The van der Waals surface area contributed by atoms with Gasteiger partial charge in [0.2, 0.25) is 17.5 Å². The lowest BCUT2D eigenvalue weighted by Gasteiger charge is -2.19. The van der Waals surface area contributed by atoms with Gasteiger partial charge in [0, 0.05) is 33.8 Å². The van der Waals surface area contributed by atoms with Gasteiger partial charge in [-0.1, -0.05) is 11.6 Å². The molecule has 0 radical (unpaired) electrons. The molecule has 0 atom stereocenters. The second-order valence-corrected chi connectivity index (χ2v) is 8.98. The third kappa shape index (κ3) is 4.06. The fraction of sp³-hybridized carbons (Fsp3) is 0. The van der Waals surface area contributed by atoms with Crippen LogP contribution in [0.25, 0.3) is 44.3 Å². The SMILES string of the molecule is Fc1c(F)c(F)c(-c2c(Cl)cc3[nH]cc(-c4c(F)c(F)c(F)c(F)c4F)c3c2-c2c(F)c(F)c(F)c(F)c2F)c(F)c1F. The molecular formula is C26H3ClF15N. The summed E-state index contributed by atoms with van der Waals surface area (Å²) < 4.78 is 216. The van der Waals surface area contributed by atoms with Crippen molar-refractivity contribution < 1.29 is 65.9 Å². The number of H-pyrrole nitrogens is 1. The lowest BCUT2D eigenvalue weighted by Crippen LogP contribution is -2.09. The summed E-state index contributed by atoms with van der Waals surface area (Å²) in [6.45, 7) is 0. The number of rotatable bonds is 3. The minimum atomic E-state index is -2.81. The van der Waals surface area contributed by atoms with Crippen molar-refractivity contribution in [2.45, 2.75) is 0 Å². The molecule has 1 nitrogen and oxygen atoms in total. The predicted octanol–water partition coefficient (Wildman–Crippen LogP) is 9.91. The van der Waals surface area contributed by atoms with E-state index in [4.69, 9.17) is 11.6 Å². The maximum atomic E-state index is 15.2. The maximum Gasteiger partial charge on any atom is 0.200 e. The lowest BCUT2D eigenvalue weighted by molar-refractivity contribution is 0.380. The Morgan fingerprint density at radius 2 is 0.674 bits per heavy atom. The second kappa shape index (κ2) is 10.1. The quantitative estimate of drug-likeness (QED) is 0.114. The summed E-state index contributed by atoms with van der Waals surface area (Å²) in [7, 11) is 0. The highest BCUT2D eigenvalue weighted by Gasteiger charge is 2.37. The van der Waals surface area contributed by atoms with Crippen molar-refractivity contribution in [3.8, 4) is 33.4 Å². The first kappa shape index (κ1) is 30.1. The number of halogens is 16. The van der Waals surface area contributed by atoms with E-state index in [9.17, 15) is 57.1 Å². The van der Waals surface area contributed by atoms with Gasteiger partial charge >= 0.3 is 0 Å². The van der Waals surface area contributed by atoms with Crippen molar-refractivity contribution in [3.63, 3.8) is 0 Å². The van der Waals surface area contributed by atoms with Gasteiger partial charge in [0.25, 0.3) is 0 Å². The molecule has 0 saturated carbocycles. The fourth-order valence-corrected chi connectivity index (χ4v) is 4.75. The van der Waals surface area contributed by atoms with E-state index in [0.29, 0.717) is 12.3 Å². The van der Waals surface area contributed by atoms with Crippen LogP contribution in [-0.4, -0.2) is 4.98 Å². The minimum absolute atomic E-state index is 0.386. The lowest BCUT2D eigenvalue weighted by atomic mass is 9.87. The van der Waals surface area contributed by atoms with Crippen LogP contribution in [0.5, 0.6) is 0 Å². The molecule has 17 heteroatoms. The number of hydrogen-bond donors (Lipinski definition) is 1. The molecule has 0 saturated heterocycles. The van der Waals surface area contributed by atoms with Crippen LogP contribution < -0.4 is 0 Å². The van der Waals surface area contributed by atoms with Gasteiger partial charge in [0.15, 0.2) is 69.8 Å². The van der Waals surface area contributed by atoms with Gasteiger partial charge in [-0.15, -0.1) is 0 Å². The Labute approximate surface area is 231 Å². The molecule has 43 heavy (non-hydrogen) atoms. The average Bonchev–Trinajstić information content (AvgIpc) is 3.38. The summed E-state index contributed by atoms with van der Waals surface area (Å²) in [4.78, 5) is 2.11. The van der Waals surface area contributed by atoms with Crippen molar-refractivity contribution in [2.75, 3.05) is 0 Å². The third-order valence-electron chi connectivity index (χ3n) is 6.32. The standard InChI is InChI=1S/C26H3ClF15N/c27-4-1-5-6(3(2-43-5)7-12(28)18(34)24(40)19(35)13(7)29)9(11-16(32)22(38)26(42)23(39)17(11)33)8(4)10-14(30)20(36)25(41)21(37)15(10)31/h1-2,43H. The summed E-state index contributed by atoms with van der Waals surface area (Å²) in [6, 6.07) is 0.482. The number of nitrogens with one attached hydrogen (secondary N) is 1. The molecule has 0 fully saturated rings. The Kier molecular flexibility index (Phi) is 7.10. The topological polar surface area (TPSA) is 15.8 Å². The smallest absolute Gasteiger partial charge is 0.200 e. The Hall–Kier alpha value is -4.34. The van der Waals surface area contributed by atoms with E-state index in [0.717, 1.165) is 0 Å². The zero-order chi connectivity index (χ0) is 32.0. The van der Waals surface area contributed by atoms with E-state index in [1.807, 2.05) is 0 Å². The van der Waals surface area contributed by atoms with Gasteiger partial charge in [-0.05, 0) is 6.07 Å². The summed E-state index contributed by atoms with van der Waals surface area (Å²) in [5, 5.41) is -2.49. The summed E-state index contributed by atoms with van der Waals surface area (Å²) in [5.74, 6) is -40.5. The molecule has 0 aliphatic heterocycles. The van der Waals surface area contributed by atoms with Gasteiger partial charge in [0.1, 0.15) is 0 Å². The number of aromatic amines is 1. The van der Waals surface area contributed by atoms with Crippen molar-refractivity contribution in [1.82, 2.24) is 4.98 Å². The second-order valence-electron chi connectivity index (χ2n) is 8.57. The first-order valence-electron chi connectivity index (χ1n) is 10.9. The molecule has 0 aliphatic carbocycles. The molecule has 5 aromatic rings. The number of benzene rings is 4. The highest BCUT2D eigenvalue weighted by molar-refractivity contribution is 6.36. The van der Waals surface area contributed by atoms with Gasteiger partial charge < -0.3 is 4.98 Å². The van der Waals surface area contributed by atoms with E-state index in [-0.39, 0.29) is 0 Å². The highest BCUT2D eigenvalue weighted by Crippen LogP contribution is 2.50. The molecule has 224 valence electrons. The predicted molar refractivity (Wildman–Crippen MR) is 119 cm³/mol. The molecule has 1 heterocycles. The number of hydrogen-bond acceptors (Lipinski definition) is 0. The zero-order valence-corrected chi connectivity index (χ0v) is 20.5. The first-order valence-corrected chi connectivity index (χ1v) is 11.3. The fourth-order valence-electron chi connectivity index (χ4n) is 4.45. The highest BCUT2D eigenvalue weighted by atomic mass is 35.5. The number of fused-ring (bicyclic) bond motifs is 1. The Morgan fingerprint density at radius 3 is 1.05 bits per heavy atom. The molecule has 4 aromatic carbocycles. The molecule has 5 rings (SSSR count). The van der Waals surface area contributed by atoms with E-state index < -0.39 is 137 Å². The summed E-state index contributed by atoms with van der Waals surface area (Å²) in [6.07, 6.45) is 0.386. The van der Waals surface area contributed by atoms with Gasteiger partial charge in [-0.2, -0.15) is 0 Å². The monoisotopic (exact) mass is 649 g/mol. The van der Waals surface area contributed by atoms with Crippen LogP contribution in [-0.2, 0) is 0 Å². The van der Waals surface area contributed by atoms with E-state index in [1.54, 1.807) is 0 Å². The molecule has 1 aromatic heterocycles.